The Labute approximate surface area is 148 Å². The molecular weight excluding hydrogens is 322 g/mol. The van der Waals surface area contributed by atoms with Crippen molar-refractivity contribution in [2.75, 3.05) is 32.1 Å². The fourth-order valence-electron chi connectivity index (χ4n) is 2.72. The smallest absolute Gasteiger partial charge is 0.410 e. The molecule has 1 aliphatic rings. The lowest BCUT2D eigenvalue weighted by molar-refractivity contribution is -0.107. The van der Waals surface area contributed by atoms with Crippen LogP contribution in [0.2, 0.25) is 0 Å². The van der Waals surface area contributed by atoms with Gasteiger partial charge in [-0.3, -0.25) is 9.69 Å². The fourth-order valence-corrected chi connectivity index (χ4v) is 2.72. The summed E-state index contributed by atoms with van der Waals surface area (Å²) in [6.45, 7) is 7.67. The van der Waals surface area contributed by atoms with E-state index in [1.807, 2.05) is 40.0 Å². The van der Waals surface area contributed by atoms with Crippen LogP contribution in [0.25, 0.3) is 0 Å². The number of fused-ring (bicyclic) bond motifs is 1. The van der Waals surface area contributed by atoms with E-state index in [1.165, 1.54) is 0 Å². The summed E-state index contributed by atoms with van der Waals surface area (Å²) in [7, 11) is 3.41. The van der Waals surface area contributed by atoms with Gasteiger partial charge in [0.25, 0.3) is 0 Å². The molecule has 0 unspecified atom stereocenters. The van der Waals surface area contributed by atoms with E-state index < -0.39 is 5.60 Å². The lowest BCUT2D eigenvalue weighted by atomic mass is 10.1. The Morgan fingerprint density at radius 2 is 1.96 bits per heavy atom. The average molecular weight is 349 g/mol. The summed E-state index contributed by atoms with van der Waals surface area (Å²) in [6, 6.07) is 3.81. The lowest BCUT2D eigenvalue weighted by Gasteiger charge is -2.24. The van der Waals surface area contributed by atoms with Crippen molar-refractivity contribution in [3.63, 3.8) is 0 Å². The SMILES string of the molecule is CNCCN(C=O)c1cc2c(cc1OC)CN(C(=O)OC(C)(C)C)C2. The van der Waals surface area contributed by atoms with Crippen molar-refractivity contribution in [3.8, 4) is 5.75 Å². The molecular formula is C18H27N3O4. The van der Waals surface area contributed by atoms with Crippen LogP contribution in [0.5, 0.6) is 5.75 Å². The topological polar surface area (TPSA) is 71.1 Å². The van der Waals surface area contributed by atoms with Gasteiger partial charge in [0.15, 0.2) is 0 Å². The number of hydrogen-bond acceptors (Lipinski definition) is 5. The average Bonchev–Trinajstić information content (AvgIpc) is 2.96. The van der Waals surface area contributed by atoms with Crippen LogP contribution in [0.3, 0.4) is 0 Å². The number of carbonyl (C=O) groups excluding carboxylic acids is 2. The first-order valence-electron chi connectivity index (χ1n) is 8.33. The van der Waals surface area contributed by atoms with Crippen molar-refractivity contribution in [1.82, 2.24) is 10.2 Å². The first-order valence-corrected chi connectivity index (χ1v) is 8.33. The summed E-state index contributed by atoms with van der Waals surface area (Å²) >= 11 is 0. The van der Waals surface area contributed by atoms with Crippen LogP contribution in [-0.2, 0) is 22.6 Å². The molecule has 2 rings (SSSR count). The van der Waals surface area contributed by atoms with Crippen molar-refractivity contribution in [3.05, 3.63) is 23.3 Å². The predicted octanol–water partition coefficient (Wildman–Crippen LogP) is 2.13. The number of rotatable bonds is 6. The molecule has 0 fully saturated rings. The highest BCUT2D eigenvalue weighted by Crippen LogP contribution is 2.35. The molecule has 0 aromatic heterocycles. The Bertz CT molecular complexity index is 640. The van der Waals surface area contributed by atoms with Crippen molar-refractivity contribution < 1.29 is 19.1 Å². The molecule has 0 atom stereocenters. The van der Waals surface area contributed by atoms with Gasteiger partial charge in [-0.25, -0.2) is 4.79 Å². The summed E-state index contributed by atoms with van der Waals surface area (Å²) in [5, 5.41) is 3.02. The number of amides is 2. The second-order valence-electron chi connectivity index (χ2n) is 7.03. The molecule has 1 heterocycles. The van der Waals surface area contributed by atoms with Gasteiger partial charge < -0.3 is 19.7 Å². The summed E-state index contributed by atoms with van der Waals surface area (Å²) in [5.41, 5.74) is 2.18. The van der Waals surface area contributed by atoms with Crippen molar-refractivity contribution >= 4 is 18.2 Å². The predicted molar refractivity (Wildman–Crippen MR) is 95.8 cm³/mol. The lowest BCUT2D eigenvalue weighted by Crippen LogP contribution is -2.33. The van der Waals surface area contributed by atoms with E-state index in [1.54, 1.807) is 16.9 Å². The zero-order valence-corrected chi connectivity index (χ0v) is 15.6. The third-order valence-corrected chi connectivity index (χ3v) is 3.91. The maximum atomic E-state index is 12.3. The van der Waals surface area contributed by atoms with Crippen LogP contribution in [-0.4, -0.2) is 50.3 Å². The Morgan fingerprint density at radius 3 is 2.48 bits per heavy atom. The zero-order chi connectivity index (χ0) is 18.6. The van der Waals surface area contributed by atoms with Gasteiger partial charge in [0, 0.05) is 26.2 Å². The number of carbonyl (C=O) groups is 2. The molecule has 0 radical (unpaired) electrons. The van der Waals surface area contributed by atoms with Crippen LogP contribution in [0, 0.1) is 0 Å². The Hall–Kier alpha value is -2.28. The molecule has 1 aromatic carbocycles. The Morgan fingerprint density at radius 1 is 1.32 bits per heavy atom. The normalized spacial score (nSPS) is 13.4. The quantitative estimate of drug-likeness (QED) is 0.797. The second kappa shape index (κ2) is 7.74. The molecule has 0 bridgehead atoms. The number of ether oxygens (including phenoxy) is 2. The summed E-state index contributed by atoms with van der Waals surface area (Å²) in [4.78, 5) is 27.0. The fraction of sp³-hybridized carbons (Fsp3) is 0.556. The molecule has 1 aromatic rings. The zero-order valence-electron chi connectivity index (χ0n) is 15.6. The van der Waals surface area contributed by atoms with Gasteiger partial charge in [-0.15, -0.1) is 0 Å². The molecule has 0 spiro atoms. The second-order valence-corrected chi connectivity index (χ2v) is 7.03. The van der Waals surface area contributed by atoms with Crippen molar-refractivity contribution in [2.45, 2.75) is 39.5 Å². The molecule has 0 saturated carbocycles. The highest BCUT2D eigenvalue weighted by molar-refractivity contribution is 5.80. The summed E-state index contributed by atoms with van der Waals surface area (Å²) in [6.07, 6.45) is 0.453. The molecule has 7 nitrogen and oxygen atoms in total. The van der Waals surface area contributed by atoms with Crippen LogP contribution in [0.15, 0.2) is 12.1 Å². The van der Waals surface area contributed by atoms with Gasteiger partial charge in [-0.1, -0.05) is 0 Å². The summed E-state index contributed by atoms with van der Waals surface area (Å²) < 4.78 is 10.9. The van der Waals surface area contributed by atoms with E-state index in [2.05, 4.69) is 5.32 Å². The molecule has 138 valence electrons. The monoisotopic (exact) mass is 349 g/mol. The number of nitrogens with one attached hydrogen (secondary N) is 1. The molecule has 7 heteroatoms. The van der Waals surface area contributed by atoms with Gasteiger partial charge in [0.2, 0.25) is 6.41 Å². The number of hydrogen-bond donors (Lipinski definition) is 1. The maximum absolute atomic E-state index is 12.3. The van der Waals surface area contributed by atoms with Gasteiger partial charge in [-0.2, -0.15) is 0 Å². The number of benzene rings is 1. The van der Waals surface area contributed by atoms with Crippen molar-refractivity contribution in [1.29, 1.82) is 0 Å². The van der Waals surface area contributed by atoms with Gasteiger partial charge in [-0.05, 0) is 51.1 Å². The Balaban J connectivity index is 2.23. The van der Waals surface area contributed by atoms with Crippen molar-refractivity contribution in [2.24, 2.45) is 0 Å². The molecule has 1 aliphatic heterocycles. The Kier molecular flexibility index (Phi) is 5.89. The number of likely N-dealkylation sites (N-methyl/N-ethyl adjacent to an activating group) is 1. The van der Waals surface area contributed by atoms with Crippen LogP contribution in [0.4, 0.5) is 10.5 Å². The number of anilines is 1. The van der Waals surface area contributed by atoms with E-state index in [0.717, 1.165) is 17.5 Å². The van der Waals surface area contributed by atoms with Crippen LogP contribution in [0.1, 0.15) is 31.9 Å². The van der Waals surface area contributed by atoms with Gasteiger partial charge in [0.05, 0.1) is 12.8 Å². The van der Waals surface area contributed by atoms with E-state index in [-0.39, 0.29) is 6.09 Å². The minimum atomic E-state index is -0.532. The first kappa shape index (κ1) is 19.1. The highest BCUT2D eigenvalue weighted by Gasteiger charge is 2.29. The third kappa shape index (κ3) is 4.63. The maximum Gasteiger partial charge on any atom is 0.410 e. The van der Waals surface area contributed by atoms with E-state index >= 15 is 0 Å². The highest BCUT2D eigenvalue weighted by atomic mass is 16.6. The molecule has 2 amide bonds. The minimum absolute atomic E-state index is 0.341. The molecule has 25 heavy (non-hydrogen) atoms. The van der Waals surface area contributed by atoms with Gasteiger partial charge in [0.1, 0.15) is 11.4 Å². The summed E-state index contributed by atoms with van der Waals surface area (Å²) in [5.74, 6) is 0.619. The van der Waals surface area contributed by atoms with Crippen LogP contribution >= 0.6 is 0 Å². The van der Waals surface area contributed by atoms with Crippen LogP contribution < -0.4 is 15.0 Å². The van der Waals surface area contributed by atoms with E-state index in [4.69, 9.17) is 9.47 Å². The molecule has 1 N–H and O–H groups in total. The number of nitrogens with zero attached hydrogens (tertiary/aromatic N) is 2. The first-order chi connectivity index (χ1) is 11.8. The van der Waals surface area contributed by atoms with E-state index in [9.17, 15) is 9.59 Å². The molecule has 0 saturated heterocycles. The number of methoxy groups -OCH3 is 1. The molecule has 0 aliphatic carbocycles. The standard InChI is InChI=1S/C18H27N3O4/c1-18(2,3)25-17(23)21-10-13-8-15(20(12-22)7-6-19-4)16(24-5)9-14(13)11-21/h8-9,12,19H,6-7,10-11H2,1-5H3. The minimum Gasteiger partial charge on any atom is -0.495 e. The third-order valence-electron chi connectivity index (χ3n) is 3.91. The van der Waals surface area contributed by atoms with Gasteiger partial charge >= 0.3 is 6.09 Å². The largest absolute Gasteiger partial charge is 0.495 e. The van der Waals surface area contributed by atoms with E-state index in [0.29, 0.717) is 37.6 Å².